The lowest BCUT2D eigenvalue weighted by Gasteiger charge is -2.29. The Morgan fingerprint density at radius 2 is 1.88 bits per heavy atom. The molecule has 0 bridgehead atoms. The van der Waals surface area contributed by atoms with E-state index in [1.54, 1.807) is 0 Å². The first-order chi connectivity index (χ1) is 12.3. The number of hydrogen-bond acceptors (Lipinski definition) is 4. The third-order valence-electron chi connectivity index (χ3n) is 4.56. The topological polar surface area (TPSA) is 45.2 Å². The number of carbonyl (C=O) groups excluding carboxylic acids is 1. The highest BCUT2D eigenvalue weighted by Crippen LogP contribution is 2.26. The van der Waals surface area contributed by atoms with Crippen LogP contribution >= 0.6 is 11.8 Å². The van der Waals surface area contributed by atoms with E-state index in [1.807, 2.05) is 43.0 Å². The molecule has 0 atom stereocenters. The summed E-state index contributed by atoms with van der Waals surface area (Å²) in [7, 11) is 0. The van der Waals surface area contributed by atoms with E-state index in [-0.39, 0.29) is 11.3 Å². The van der Waals surface area contributed by atoms with Crippen molar-refractivity contribution in [2.24, 2.45) is 0 Å². The third kappa shape index (κ3) is 4.39. The number of anilines is 2. The molecule has 1 fully saturated rings. The first-order valence-electron chi connectivity index (χ1n) is 9.07. The predicted molar refractivity (Wildman–Crippen MR) is 112 cm³/mol. The van der Waals surface area contributed by atoms with Crippen molar-refractivity contribution in [3.63, 3.8) is 0 Å². The molecule has 26 heavy (non-hydrogen) atoms. The van der Waals surface area contributed by atoms with Crippen LogP contribution in [0.25, 0.3) is 0 Å². The van der Waals surface area contributed by atoms with Crippen LogP contribution in [-0.2, 0) is 5.41 Å². The van der Waals surface area contributed by atoms with Gasteiger partial charge < -0.3 is 10.2 Å². The summed E-state index contributed by atoms with van der Waals surface area (Å²) in [6, 6.07) is 11.9. The van der Waals surface area contributed by atoms with Crippen LogP contribution in [0.15, 0.2) is 36.4 Å². The molecule has 2 aromatic rings. The van der Waals surface area contributed by atoms with Gasteiger partial charge in [-0.1, -0.05) is 32.9 Å². The van der Waals surface area contributed by atoms with Crippen LogP contribution in [0.1, 0.15) is 42.4 Å². The quantitative estimate of drug-likeness (QED) is 0.866. The number of thioether (sulfide) groups is 1. The van der Waals surface area contributed by atoms with Crippen molar-refractivity contribution in [3.8, 4) is 0 Å². The maximum absolute atomic E-state index is 13.0. The molecular weight excluding hydrogens is 342 g/mol. The second-order valence-corrected chi connectivity index (χ2v) is 8.93. The minimum atomic E-state index is -0.100. The predicted octanol–water partition coefficient (Wildman–Crippen LogP) is 4.49. The van der Waals surface area contributed by atoms with Gasteiger partial charge >= 0.3 is 0 Å². The zero-order valence-electron chi connectivity index (χ0n) is 16.0. The van der Waals surface area contributed by atoms with E-state index in [4.69, 9.17) is 0 Å². The van der Waals surface area contributed by atoms with Crippen molar-refractivity contribution in [3.05, 3.63) is 53.2 Å². The molecule has 0 radical (unpaired) electrons. The van der Waals surface area contributed by atoms with E-state index < -0.39 is 0 Å². The summed E-state index contributed by atoms with van der Waals surface area (Å²) in [4.78, 5) is 19.9. The van der Waals surface area contributed by atoms with Crippen LogP contribution in [0.2, 0.25) is 0 Å². The molecule has 1 aromatic heterocycles. The number of aromatic nitrogens is 1. The Labute approximate surface area is 160 Å². The van der Waals surface area contributed by atoms with E-state index in [0.29, 0.717) is 5.56 Å². The Balaban J connectivity index is 1.86. The van der Waals surface area contributed by atoms with Crippen molar-refractivity contribution in [2.45, 2.75) is 33.1 Å². The molecule has 4 nitrogen and oxygen atoms in total. The van der Waals surface area contributed by atoms with Crippen molar-refractivity contribution >= 4 is 29.2 Å². The Bertz CT molecular complexity index is 792. The van der Waals surface area contributed by atoms with Crippen LogP contribution in [0.5, 0.6) is 0 Å². The summed E-state index contributed by atoms with van der Waals surface area (Å²) >= 11 is 1.95. The summed E-state index contributed by atoms with van der Waals surface area (Å²) < 4.78 is 0. The van der Waals surface area contributed by atoms with Gasteiger partial charge in [0.15, 0.2) is 0 Å². The van der Waals surface area contributed by atoms with E-state index in [9.17, 15) is 4.79 Å². The lowest BCUT2D eigenvalue weighted by Crippen LogP contribution is -2.35. The standard InChI is InChI=1S/C21H27N3OS/c1-15-8-9-18(19(22-15)24-10-12-26-13-11-24)20(25)23-17-7-5-6-16(14-17)21(2,3)4/h5-9,14H,10-13H2,1-4H3,(H,23,25). The number of nitrogens with zero attached hydrogens (tertiary/aromatic N) is 2. The van der Waals surface area contributed by atoms with E-state index in [0.717, 1.165) is 41.8 Å². The maximum atomic E-state index is 13.0. The Morgan fingerprint density at radius 3 is 2.58 bits per heavy atom. The number of pyridine rings is 1. The number of aryl methyl sites for hydroxylation is 1. The van der Waals surface area contributed by atoms with Gasteiger partial charge in [-0.25, -0.2) is 4.98 Å². The van der Waals surface area contributed by atoms with E-state index >= 15 is 0 Å². The zero-order chi connectivity index (χ0) is 18.7. The van der Waals surface area contributed by atoms with Crippen molar-refractivity contribution in [1.29, 1.82) is 0 Å². The number of benzene rings is 1. The molecule has 1 aromatic carbocycles. The van der Waals surface area contributed by atoms with Crippen LogP contribution in [0.3, 0.4) is 0 Å². The fraction of sp³-hybridized carbons (Fsp3) is 0.429. The second kappa shape index (κ2) is 7.70. The lowest BCUT2D eigenvalue weighted by atomic mass is 9.87. The molecule has 2 heterocycles. The molecule has 138 valence electrons. The number of nitrogens with one attached hydrogen (secondary N) is 1. The van der Waals surface area contributed by atoms with Crippen LogP contribution in [0, 0.1) is 6.92 Å². The maximum Gasteiger partial charge on any atom is 0.259 e. The average Bonchev–Trinajstić information content (AvgIpc) is 2.62. The molecule has 1 aliphatic rings. The van der Waals surface area contributed by atoms with Gasteiger partial charge in [-0.2, -0.15) is 11.8 Å². The molecule has 1 amide bonds. The van der Waals surface area contributed by atoms with Crippen molar-refractivity contribution in [1.82, 2.24) is 4.98 Å². The monoisotopic (exact) mass is 369 g/mol. The number of carbonyl (C=O) groups is 1. The summed E-state index contributed by atoms with van der Waals surface area (Å²) in [5, 5.41) is 3.06. The highest BCUT2D eigenvalue weighted by atomic mass is 32.2. The highest BCUT2D eigenvalue weighted by Gasteiger charge is 2.21. The number of amides is 1. The van der Waals surface area contributed by atoms with Crippen LogP contribution < -0.4 is 10.2 Å². The Morgan fingerprint density at radius 1 is 1.15 bits per heavy atom. The van der Waals surface area contributed by atoms with Crippen LogP contribution in [-0.4, -0.2) is 35.5 Å². The van der Waals surface area contributed by atoms with Gasteiger partial charge in [0.2, 0.25) is 0 Å². The fourth-order valence-electron chi connectivity index (χ4n) is 3.00. The van der Waals surface area contributed by atoms with Gasteiger partial charge in [0.25, 0.3) is 5.91 Å². The van der Waals surface area contributed by atoms with E-state index in [2.05, 4.69) is 48.1 Å². The fourth-order valence-corrected chi connectivity index (χ4v) is 3.90. The molecule has 3 rings (SSSR count). The molecule has 1 saturated heterocycles. The lowest BCUT2D eigenvalue weighted by molar-refractivity contribution is 0.102. The first kappa shape index (κ1) is 18.8. The third-order valence-corrected chi connectivity index (χ3v) is 5.50. The summed E-state index contributed by atoms with van der Waals surface area (Å²) in [6.45, 7) is 10.3. The Hall–Kier alpha value is -2.01. The smallest absolute Gasteiger partial charge is 0.259 e. The average molecular weight is 370 g/mol. The summed E-state index contributed by atoms with van der Waals surface area (Å²) in [6.07, 6.45) is 0. The number of rotatable bonds is 3. The normalized spacial score (nSPS) is 15.0. The minimum Gasteiger partial charge on any atom is -0.354 e. The molecule has 1 aliphatic heterocycles. The van der Waals surface area contributed by atoms with E-state index in [1.165, 1.54) is 5.56 Å². The first-order valence-corrected chi connectivity index (χ1v) is 10.2. The van der Waals surface area contributed by atoms with Crippen LogP contribution in [0.4, 0.5) is 11.5 Å². The van der Waals surface area contributed by atoms with Gasteiger partial charge in [-0.3, -0.25) is 4.79 Å². The minimum absolute atomic E-state index is 0.0444. The van der Waals surface area contributed by atoms with Crippen molar-refractivity contribution in [2.75, 3.05) is 34.8 Å². The molecule has 0 aliphatic carbocycles. The molecule has 0 unspecified atom stereocenters. The van der Waals surface area contributed by atoms with Gasteiger partial charge in [0, 0.05) is 36.0 Å². The van der Waals surface area contributed by atoms with Crippen molar-refractivity contribution < 1.29 is 4.79 Å². The highest BCUT2D eigenvalue weighted by molar-refractivity contribution is 7.99. The summed E-state index contributed by atoms with van der Waals surface area (Å²) in [5.41, 5.74) is 3.64. The second-order valence-electron chi connectivity index (χ2n) is 7.71. The zero-order valence-corrected chi connectivity index (χ0v) is 16.8. The van der Waals surface area contributed by atoms with Gasteiger partial charge in [0.05, 0.1) is 5.56 Å². The SMILES string of the molecule is Cc1ccc(C(=O)Nc2cccc(C(C)(C)C)c2)c(N2CCSCC2)n1. The molecule has 1 N–H and O–H groups in total. The molecular formula is C21H27N3OS. The molecule has 0 saturated carbocycles. The van der Waals surface area contributed by atoms with Gasteiger partial charge in [-0.05, 0) is 42.2 Å². The van der Waals surface area contributed by atoms with Gasteiger partial charge in [0.1, 0.15) is 5.82 Å². The number of hydrogen-bond donors (Lipinski definition) is 1. The summed E-state index contributed by atoms with van der Waals surface area (Å²) in [5.74, 6) is 2.85. The molecule has 0 spiro atoms. The molecule has 5 heteroatoms. The van der Waals surface area contributed by atoms with Gasteiger partial charge in [-0.15, -0.1) is 0 Å². The largest absolute Gasteiger partial charge is 0.354 e. The Kier molecular flexibility index (Phi) is 5.56.